The van der Waals surface area contributed by atoms with Crippen LogP contribution in [-0.2, 0) is 0 Å². The molecule has 0 saturated carbocycles. The van der Waals surface area contributed by atoms with Crippen molar-refractivity contribution in [3.63, 3.8) is 0 Å². The van der Waals surface area contributed by atoms with Gasteiger partial charge in [-0.05, 0) is 71.8 Å². The number of Topliss-reactive ketones (excluding diaryl/α,β-unsaturated/α-hetero) is 1. The number of benzene rings is 1. The van der Waals surface area contributed by atoms with E-state index in [2.05, 4.69) is 23.9 Å². The van der Waals surface area contributed by atoms with Gasteiger partial charge in [-0.2, -0.15) is 0 Å². The van der Waals surface area contributed by atoms with Crippen molar-refractivity contribution >= 4 is 17.4 Å². The summed E-state index contributed by atoms with van der Waals surface area (Å²) in [5.74, 6) is 0.143. The van der Waals surface area contributed by atoms with E-state index in [0.717, 1.165) is 25.1 Å². The van der Waals surface area contributed by atoms with Gasteiger partial charge in [-0.15, -0.1) is 0 Å². The summed E-state index contributed by atoms with van der Waals surface area (Å²) < 4.78 is 0. The monoisotopic (exact) mass is 282 g/mol. The molecular formula is C15H23ClN2O. The van der Waals surface area contributed by atoms with E-state index in [-0.39, 0.29) is 11.8 Å². The number of carbonyl (C=O) groups excluding carboxylic acids is 1. The standard InChI is InChI=1S/C15H23ClN2O/c1-12(18(4)11-5-10-17(2)3)15(19)13-6-8-14(16)9-7-13/h6-9,12H,5,10-11H2,1-4H3. The molecule has 0 N–H and O–H groups in total. The minimum atomic E-state index is -0.108. The Morgan fingerprint density at radius 3 is 2.26 bits per heavy atom. The Balaban J connectivity index is 2.53. The Morgan fingerprint density at radius 2 is 1.74 bits per heavy atom. The van der Waals surface area contributed by atoms with E-state index in [0.29, 0.717) is 5.02 Å². The SMILES string of the molecule is CC(C(=O)c1ccc(Cl)cc1)N(C)CCCN(C)C. The van der Waals surface area contributed by atoms with Crippen LogP contribution in [-0.4, -0.2) is 55.9 Å². The third-order valence-corrected chi connectivity index (χ3v) is 3.54. The van der Waals surface area contributed by atoms with Crippen LogP contribution in [0.3, 0.4) is 0 Å². The average molecular weight is 283 g/mol. The molecule has 0 fully saturated rings. The van der Waals surface area contributed by atoms with Gasteiger partial charge in [-0.1, -0.05) is 11.6 Å². The summed E-state index contributed by atoms with van der Waals surface area (Å²) in [5.41, 5.74) is 0.719. The molecular weight excluding hydrogens is 260 g/mol. The van der Waals surface area contributed by atoms with Gasteiger partial charge in [0.05, 0.1) is 6.04 Å². The molecule has 0 radical (unpaired) electrons. The van der Waals surface area contributed by atoms with Crippen molar-refractivity contribution in [1.29, 1.82) is 0 Å². The molecule has 0 heterocycles. The van der Waals surface area contributed by atoms with Crippen molar-refractivity contribution in [2.24, 2.45) is 0 Å². The van der Waals surface area contributed by atoms with E-state index < -0.39 is 0 Å². The molecule has 0 aliphatic carbocycles. The predicted octanol–water partition coefficient (Wildman–Crippen LogP) is 2.79. The van der Waals surface area contributed by atoms with Crippen molar-refractivity contribution in [1.82, 2.24) is 9.80 Å². The van der Waals surface area contributed by atoms with Gasteiger partial charge in [-0.3, -0.25) is 9.69 Å². The highest BCUT2D eigenvalue weighted by atomic mass is 35.5. The second-order valence-electron chi connectivity index (χ2n) is 5.18. The third-order valence-electron chi connectivity index (χ3n) is 3.29. The average Bonchev–Trinajstić information content (AvgIpc) is 2.37. The number of hydrogen-bond acceptors (Lipinski definition) is 3. The normalized spacial score (nSPS) is 13.0. The van der Waals surface area contributed by atoms with Crippen LogP contribution in [0.1, 0.15) is 23.7 Å². The fourth-order valence-corrected chi connectivity index (χ4v) is 2.01. The topological polar surface area (TPSA) is 23.6 Å². The maximum Gasteiger partial charge on any atom is 0.179 e. The van der Waals surface area contributed by atoms with Gasteiger partial charge in [-0.25, -0.2) is 0 Å². The van der Waals surface area contributed by atoms with Crippen LogP contribution in [0.15, 0.2) is 24.3 Å². The van der Waals surface area contributed by atoms with Crippen molar-refractivity contribution in [2.45, 2.75) is 19.4 Å². The Hall–Kier alpha value is -0.900. The number of rotatable bonds is 7. The number of nitrogens with zero attached hydrogens (tertiary/aromatic N) is 2. The molecule has 3 nitrogen and oxygen atoms in total. The van der Waals surface area contributed by atoms with Crippen LogP contribution in [0.2, 0.25) is 5.02 Å². The molecule has 19 heavy (non-hydrogen) atoms. The summed E-state index contributed by atoms with van der Waals surface area (Å²) in [6.07, 6.45) is 1.06. The molecule has 0 aliphatic heterocycles. The number of hydrogen-bond donors (Lipinski definition) is 0. The molecule has 0 bridgehead atoms. The molecule has 0 aromatic heterocycles. The quantitative estimate of drug-likeness (QED) is 0.719. The van der Waals surface area contributed by atoms with Gasteiger partial charge in [0.15, 0.2) is 5.78 Å². The molecule has 1 atom stereocenters. The lowest BCUT2D eigenvalue weighted by Gasteiger charge is -2.24. The van der Waals surface area contributed by atoms with E-state index in [1.807, 2.05) is 14.0 Å². The lowest BCUT2D eigenvalue weighted by Crippen LogP contribution is -2.37. The molecule has 1 aromatic carbocycles. The van der Waals surface area contributed by atoms with Crippen LogP contribution in [0.25, 0.3) is 0 Å². The maximum absolute atomic E-state index is 12.3. The first kappa shape index (κ1) is 16.2. The lowest BCUT2D eigenvalue weighted by molar-refractivity contribution is 0.0865. The highest BCUT2D eigenvalue weighted by Crippen LogP contribution is 2.13. The van der Waals surface area contributed by atoms with E-state index in [1.54, 1.807) is 24.3 Å². The number of ketones is 1. The van der Waals surface area contributed by atoms with Crippen LogP contribution in [0, 0.1) is 0 Å². The Morgan fingerprint density at radius 1 is 1.16 bits per heavy atom. The molecule has 1 rings (SSSR count). The van der Waals surface area contributed by atoms with Crippen molar-refractivity contribution < 1.29 is 4.79 Å². The van der Waals surface area contributed by atoms with E-state index in [1.165, 1.54) is 0 Å². The minimum Gasteiger partial charge on any atom is -0.309 e. The van der Waals surface area contributed by atoms with Crippen LogP contribution in [0.4, 0.5) is 0 Å². The lowest BCUT2D eigenvalue weighted by atomic mass is 10.0. The molecule has 0 saturated heterocycles. The zero-order chi connectivity index (χ0) is 14.4. The molecule has 106 valence electrons. The van der Waals surface area contributed by atoms with Crippen LogP contribution < -0.4 is 0 Å². The number of carbonyl (C=O) groups is 1. The Bertz CT molecular complexity index is 403. The van der Waals surface area contributed by atoms with Crippen LogP contribution in [0.5, 0.6) is 0 Å². The summed E-state index contributed by atoms with van der Waals surface area (Å²) in [4.78, 5) is 16.5. The van der Waals surface area contributed by atoms with Crippen molar-refractivity contribution in [2.75, 3.05) is 34.2 Å². The molecule has 1 aromatic rings. The van der Waals surface area contributed by atoms with E-state index in [4.69, 9.17) is 11.6 Å². The molecule has 0 aliphatic rings. The first-order valence-corrected chi connectivity index (χ1v) is 6.94. The molecule has 4 heteroatoms. The van der Waals surface area contributed by atoms with Gasteiger partial charge in [0.1, 0.15) is 0 Å². The van der Waals surface area contributed by atoms with Crippen molar-refractivity contribution in [3.8, 4) is 0 Å². The zero-order valence-corrected chi connectivity index (χ0v) is 12.9. The third kappa shape index (κ3) is 5.31. The molecule has 0 spiro atoms. The Kier molecular flexibility index (Phi) is 6.49. The summed E-state index contributed by atoms with van der Waals surface area (Å²) in [6.45, 7) is 3.90. The summed E-state index contributed by atoms with van der Waals surface area (Å²) >= 11 is 5.83. The first-order valence-electron chi connectivity index (χ1n) is 6.56. The Labute approximate surface area is 121 Å². The second kappa shape index (κ2) is 7.63. The first-order chi connectivity index (χ1) is 8.91. The summed E-state index contributed by atoms with van der Waals surface area (Å²) in [7, 11) is 6.11. The largest absolute Gasteiger partial charge is 0.309 e. The second-order valence-corrected chi connectivity index (χ2v) is 5.62. The summed E-state index contributed by atoms with van der Waals surface area (Å²) in [5, 5.41) is 0.656. The van der Waals surface area contributed by atoms with Gasteiger partial charge < -0.3 is 4.90 Å². The number of likely N-dealkylation sites (N-methyl/N-ethyl adjacent to an activating group) is 1. The fraction of sp³-hybridized carbons (Fsp3) is 0.533. The minimum absolute atomic E-state index is 0.108. The zero-order valence-electron chi connectivity index (χ0n) is 12.2. The smallest absolute Gasteiger partial charge is 0.179 e. The van der Waals surface area contributed by atoms with Crippen molar-refractivity contribution in [3.05, 3.63) is 34.9 Å². The highest BCUT2D eigenvalue weighted by Gasteiger charge is 2.19. The predicted molar refractivity (Wildman–Crippen MR) is 81.0 cm³/mol. The van der Waals surface area contributed by atoms with E-state index in [9.17, 15) is 4.79 Å². The highest BCUT2D eigenvalue weighted by molar-refractivity contribution is 6.30. The molecule has 0 amide bonds. The fourth-order valence-electron chi connectivity index (χ4n) is 1.89. The summed E-state index contributed by atoms with van der Waals surface area (Å²) in [6, 6.07) is 6.98. The van der Waals surface area contributed by atoms with Crippen LogP contribution >= 0.6 is 11.6 Å². The van der Waals surface area contributed by atoms with Gasteiger partial charge in [0.2, 0.25) is 0 Å². The number of halogens is 1. The van der Waals surface area contributed by atoms with E-state index >= 15 is 0 Å². The maximum atomic E-state index is 12.3. The van der Waals surface area contributed by atoms with Gasteiger partial charge in [0.25, 0.3) is 0 Å². The van der Waals surface area contributed by atoms with Gasteiger partial charge >= 0.3 is 0 Å². The molecule has 1 unspecified atom stereocenters. The van der Waals surface area contributed by atoms with Gasteiger partial charge in [0, 0.05) is 10.6 Å².